The van der Waals surface area contributed by atoms with E-state index in [0.717, 1.165) is 32.8 Å². The van der Waals surface area contributed by atoms with E-state index in [2.05, 4.69) is 12.1 Å². The van der Waals surface area contributed by atoms with E-state index in [0.29, 0.717) is 13.6 Å². The smallest absolute Gasteiger partial charge is 0.231 e. The second-order valence-corrected chi connectivity index (χ2v) is 7.34. The summed E-state index contributed by atoms with van der Waals surface area (Å²) in [4.78, 5) is 4.62. The van der Waals surface area contributed by atoms with E-state index in [9.17, 15) is 0 Å². The van der Waals surface area contributed by atoms with Crippen molar-refractivity contribution in [2.75, 3.05) is 13.6 Å². The highest BCUT2D eigenvalue weighted by molar-refractivity contribution is 7.26. The van der Waals surface area contributed by atoms with Crippen LogP contribution in [0.3, 0.4) is 0 Å². The van der Waals surface area contributed by atoms with Gasteiger partial charge in [-0.05, 0) is 12.1 Å². The van der Waals surface area contributed by atoms with Crippen LogP contribution in [-0.4, -0.2) is 13.6 Å². The zero-order valence-electron chi connectivity index (χ0n) is 10.6. The van der Waals surface area contributed by atoms with Gasteiger partial charge in [0.05, 0.1) is 9.75 Å². The molecule has 5 heterocycles. The molecule has 0 spiro atoms. The van der Waals surface area contributed by atoms with Gasteiger partial charge in [0.25, 0.3) is 0 Å². The first-order valence-electron chi connectivity index (χ1n) is 6.25. The van der Waals surface area contributed by atoms with Crippen molar-refractivity contribution in [2.45, 2.75) is 0 Å². The third-order valence-corrected chi connectivity index (χ3v) is 6.64. The molecule has 0 unspecified atom stereocenters. The van der Waals surface area contributed by atoms with E-state index < -0.39 is 0 Å². The molecule has 7 heteroatoms. The number of ether oxygens (including phenoxy) is 4. The first kappa shape index (κ1) is 11.9. The minimum atomic E-state index is 0.313. The normalized spacial score (nSPS) is 14.9. The van der Waals surface area contributed by atoms with Crippen molar-refractivity contribution < 1.29 is 18.9 Å². The van der Waals surface area contributed by atoms with E-state index >= 15 is 0 Å². The number of fused-ring (bicyclic) bond motifs is 2. The summed E-state index contributed by atoms with van der Waals surface area (Å²) < 4.78 is 21.9. The van der Waals surface area contributed by atoms with E-state index in [1.54, 1.807) is 34.0 Å². The summed E-state index contributed by atoms with van der Waals surface area (Å²) >= 11 is 5.03. The predicted molar refractivity (Wildman–Crippen MR) is 83.2 cm³/mol. The molecule has 21 heavy (non-hydrogen) atoms. The first-order valence-corrected chi connectivity index (χ1v) is 8.82. The van der Waals surface area contributed by atoms with Crippen LogP contribution >= 0.6 is 34.0 Å². The molecule has 0 saturated heterocycles. The summed E-state index contributed by atoms with van der Waals surface area (Å²) in [6.07, 6.45) is 0. The standard InChI is InChI=1S/C14H8O4S3/c1-2-10(14-12-8(4-20-14)16-6-18-12)21-9(1)13-11-7(3-19-13)15-5-17-11/h1-4H,5-6H2. The molecule has 0 N–H and O–H groups in total. The second-order valence-electron chi connectivity index (χ2n) is 4.49. The largest absolute Gasteiger partial charge is 0.453 e. The molecule has 3 aromatic heterocycles. The highest BCUT2D eigenvalue weighted by Crippen LogP contribution is 2.52. The van der Waals surface area contributed by atoms with Crippen LogP contribution < -0.4 is 18.9 Å². The van der Waals surface area contributed by atoms with Crippen molar-refractivity contribution in [3.63, 3.8) is 0 Å². The molecular weight excluding hydrogens is 328 g/mol. The highest BCUT2D eigenvalue weighted by atomic mass is 32.1. The quantitative estimate of drug-likeness (QED) is 0.682. The maximum absolute atomic E-state index is 5.55. The molecule has 106 valence electrons. The van der Waals surface area contributed by atoms with Gasteiger partial charge in [-0.1, -0.05) is 0 Å². The Morgan fingerprint density at radius 3 is 1.76 bits per heavy atom. The average Bonchev–Trinajstić information content (AvgIpc) is 3.24. The highest BCUT2D eigenvalue weighted by Gasteiger charge is 2.25. The minimum absolute atomic E-state index is 0.313. The Hall–Kier alpha value is -1.70. The molecule has 4 nitrogen and oxygen atoms in total. The van der Waals surface area contributed by atoms with Gasteiger partial charge in [-0.15, -0.1) is 34.0 Å². The Balaban J connectivity index is 1.57. The fourth-order valence-electron chi connectivity index (χ4n) is 2.36. The fraction of sp³-hybridized carbons (Fsp3) is 0.143. The topological polar surface area (TPSA) is 36.9 Å². The lowest BCUT2D eigenvalue weighted by Crippen LogP contribution is -1.94. The van der Waals surface area contributed by atoms with Crippen molar-refractivity contribution in [2.24, 2.45) is 0 Å². The van der Waals surface area contributed by atoms with Gasteiger partial charge in [0.2, 0.25) is 13.6 Å². The van der Waals surface area contributed by atoms with Crippen molar-refractivity contribution in [3.05, 3.63) is 22.9 Å². The molecule has 3 aromatic rings. The maximum Gasteiger partial charge on any atom is 0.231 e. The molecule has 0 aliphatic carbocycles. The predicted octanol–water partition coefficient (Wildman–Crippen LogP) is 4.66. The van der Waals surface area contributed by atoms with Crippen LogP contribution in [0.4, 0.5) is 0 Å². The summed E-state index contributed by atoms with van der Waals surface area (Å²) in [6, 6.07) is 4.24. The van der Waals surface area contributed by atoms with Crippen LogP contribution in [0.5, 0.6) is 23.0 Å². The third kappa shape index (κ3) is 1.71. The summed E-state index contributed by atoms with van der Waals surface area (Å²) in [5.74, 6) is 3.42. The van der Waals surface area contributed by atoms with E-state index in [4.69, 9.17) is 18.9 Å². The van der Waals surface area contributed by atoms with Gasteiger partial charge >= 0.3 is 0 Å². The number of rotatable bonds is 2. The van der Waals surface area contributed by atoms with Gasteiger partial charge in [0.1, 0.15) is 0 Å². The molecule has 5 rings (SSSR count). The van der Waals surface area contributed by atoms with Crippen LogP contribution in [-0.2, 0) is 0 Å². The van der Waals surface area contributed by atoms with Crippen molar-refractivity contribution in [3.8, 4) is 42.5 Å². The molecule has 0 fully saturated rings. The van der Waals surface area contributed by atoms with Gasteiger partial charge in [-0.25, -0.2) is 0 Å². The molecular formula is C14H8O4S3. The van der Waals surface area contributed by atoms with Crippen LogP contribution in [0, 0.1) is 0 Å². The average molecular weight is 336 g/mol. The first-order chi connectivity index (χ1) is 10.4. The van der Waals surface area contributed by atoms with Gasteiger partial charge in [0.15, 0.2) is 23.0 Å². The van der Waals surface area contributed by atoms with Gasteiger partial charge in [0, 0.05) is 20.5 Å². The molecule has 0 atom stereocenters. The molecule has 0 bridgehead atoms. The number of hydrogen-bond acceptors (Lipinski definition) is 7. The third-order valence-electron chi connectivity index (χ3n) is 3.32. The monoisotopic (exact) mass is 336 g/mol. The van der Waals surface area contributed by atoms with Crippen LogP contribution in [0.2, 0.25) is 0 Å². The summed E-state index contributed by atoms with van der Waals surface area (Å²) in [5, 5.41) is 3.99. The molecule has 0 aromatic carbocycles. The Morgan fingerprint density at radius 2 is 1.24 bits per heavy atom. The number of hydrogen-bond donors (Lipinski definition) is 0. The lowest BCUT2D eigenvalue weighted by Gasteiger charge is -1.97. The Kier molecular flexibility index (Phi) is 2.49. The SMILES string of the molecule is c1cc(-c2scc3c2OCO3)sc1-c1scc2c1OCO2. The fourth-order valence-corrected chi connectivity index (χ4v) is 5.48. The molecule has 2 aliphatic rings. The van der Waals surface area contributed by atoms with Crippen LogP contribution in [0.1, 0.15) is 0 Å². The zero-order chi connectivity index (χ0) is 13.8. The number of thiophene rings is 3. The van der Waals surface area contributed by atoms with Gasteiger partial charge in [-0.2, -0.15) is 0 Å². The molecule has 0 radical (unpaired) electrons. The Morgan fingerprint density at radius 1 is 0.714 bits per heavy atom. The lowest BCUT2D eigenvalue weighted by atomic mass is 10.3. The Bertz CT molecular complexity index is 763. The van der Waals surface area contributed by atoms with Gasteiger partial charge in [-0.3, -0.25) is 0 Å². The summed E-state index contributed by atoms with van der Waals surface area (Å²) in [5.41, 5.74) is 0. The molecule has 0 saturated carbocycles. The zero-order valence-corrected chi connectivity index (χ0v) is 13.0. The van der Waals surface area contributed by atoms with Crippen molar-refractivity contribution >= 4 is 34.0 Å². The van der Waals surface area contributed by atoms with E-state index in [-0.39, 0.29) is 0 Å². The minimum Gasteiger partial charge on any atom is -0.453 e. The van der Waals surface area contributed by atoms with Crippen LogP contribution in [0.25, 0.3) is 19.5 Å². The van der Waals surface area contributed by atoms with E-state index in [1.165, 1.54) is 9.75 Å². The van der Waals surface area contributed by atoms with Gasteiger partial charge < -0.3 is 18.9 Å². The van der Waals surface area contributed by atoms with E-state index in [1.807, 2.05) is 10.8 Å². The van der Waals surface area contributed by atoms with Crippen LogP contribution in [0.15, 0.2) is 22.9 Å². The maximum atomic E-state index is 5.55. The Labute approximate surface area is 132 Å². The summed E-state index contributed by atoms with van der Waals surface area (Å²) in [7, 11) is 0. The molecule has 0 amide bonds. The summed E-state index contributed by atoms with van der Waals surface area (Å²) in [6.45, 7) is 0.625. The molecule has 2 aliphatic heterocycles. The second kappa shape index (κ2) is 4.40. The van der Waals surface area contributed by atoms with Crippen molar-refractivity contribution in [1.29, 1.82) is 0 Å². The lowest BCUT2D eigenvalue weighted by molar-refractivity contribution is 0.174. The van der Waals surface area contributed by atoms with Crippen molar-refractivity contribution in [1.82, 2.24) is 0 Å².